The number of rotatable bonds is 6. The van der Waals surface area contributed by atoms with Crippen molar-refractivity contribution in [1.82, 2.24) is 10.6 Å². The predicted molar refractivity (Wildman–Crippen MR) is 78.0 cm³/mol. The Morgan fingerprint density at radius 2 is 2.05 bits per heavy atom. The minimum Gasteiger partial charge on any atom is -0.354 e. The number of carbonyl (C=O) groups excluding carboxylic acids is 1. The van der Waals surface area contributed by atoms with Gasteiger partial charge in [-0.1, -0.05) is 19.1 Å². The van der Waals surface area contributed by atoms with E-state index in [1.807, 2.05) is 27.0 Å². The van der Waals surface area contributed by atoms with Crippen molar-refractivity contribution in [2.45, 2.75) is 26.3 Å². The van der Waals surface area contributed by atoms with E-state index in [-0.39, 0.29) is 36.1 Å². The normalized spacial score (nSPS) is 13.3. The Hall–Kier alpha value is -1.13. The summed E-state index contributed by atoms with van der Waals surface area (Å²) in [5.74, 6) is -0.416. The van der Waals surface area contributed by atoms with Gasteiger partial charge in [0.25, 0.3) is 0 Å². The van der Waals surface area contributed by atoms with Crippen LogP contribution in [-0.2, 0) is 11.2 Å². The second kappa shape index (κ2) is 8.88. The highest BCUT2D eigenvalue weighted by molar-refractivity contribution is 5.85. The first kappa shape index (κ1) is 17.9. The lowest BCUT2D eigenvalue weighted by molar-refractivity contribution is -0.124. The first-order chi connectivity index (χ1) is 8.52. The summed E-state index contributed by atoms with van der Waals surface area (Å²) in [7, 11) is 1.85. The summed E-state index contributed by atoms with van der Waals surface area (Å²) in [4.78, 5) is 11.8. The molecule has 2 unspecified atom stereocenters. The van der Waals surface area contributed by atoms with Crippen LogP contribution in [0.5, 0.6) is 0 Å². The van der Waals surface area contributed by atoms with Gasteiger partial charge in [-0.15, -0.1) is 12.4 Å². The second-order valence-electron chi connectivity index (χ2n) is 4.67. The van der Waals surface area contributed by atoms with Gasteiger partial charge in [-0.05, 0) is 38.1 Å². The number of hydrogen-bond donors (Lipinski definition) is 2. The minimum atomic E-state index is -0.260. The third kappa shape index (κ3) is 6.55. The molecule has 0 bridgehead atoms. The molecule has 0 aromatic heterocycles. The molecule has 0 aliphatic heterocycles. The lowest BCUT2D eigenvalue weighted by Gasteiger charge is -2.15. The third-order valence-corrected chi connectivity index (χ3v) is 2.95. The summed E-state index contributed by atoms with van der Waals surface area (Å²) >= 11 is 0. The van der Waals surface area contributed by atoms with Crippen LogP contribution in [-0.4, -0.2) is 25.5 Å². The van der Waals surface area contributed by atoms with Gasteiger partial charge in [0.15, 0.2) is 0 Å². The number of hydrogen-bond acceptors (Lipinski definition) is 2. The Morgan fingerprint density at radius 1 is 1.37 bits per heavy atom. The van der Waals surface area contributed by atoms with Crippen molar-refractivity contribution in [3.63, 3.8) is 0 Å². The molecule has 0 aliphatic rings. The molecule has 0 aliphatic carbocycles. The number of amides is 1. The largest absolute Gasteiger partial charge is 0.354 e. The molecular formula is C14H22ClFN2O. The van der Waals surface area contributed by atoms with E-state index < -0.39 is 0 Å². The van der Waals surface area contributed by atoms with E-state index in [9.17, 15) is 9.18 Å². The summed E-state index contributed by atoms with van der Waals surface area (Å²) < 4.78 is 13.0. The fourth-order valence-electron chi connectivity index (χ4n) is 1.64. The van der Waals surface area contributed by atoms with Crippen LogP contribution in [0, 0.1) is 11.7 Å². The third-order valence-electron chi connectivity index (χ3n) is 2.95. The highest BCUT2D eigenvalue weighted by Gasteiger charge is 2.14. The second-order valence-corrected chi connectivity index (χ2v) is 4.67. The highest BCUT2D eigenvalue weighted by atomic mass is 35.5. The molecule has 0 fully saturated rings. The standard InChI is InChI=1S/C14H21FN2O.ClH/c1-10(14(18)17-9-11(2)16-3)7-12-5-4-6-13(15)8-12;/h4-6,8,10-11,16H,7,9H2,1-3H3,(H,17,18);1H. The molecule has 19 heavy (non-hydrogen) atoms. The van der Waals surface area contributed by atoms with Crippen molar-refractivity contribution in [3.8, 4) is 0 Å². The van der Waals surface area contributed by atoms with Crippen LogP contribution in [0.2, 0.25) is 0 Å². The van der Waals surface area contributed by atoms with Crippen LogP contribution >= 0.6 is 12.4 Å². The first-order valence-corrected chi connectivity index (χ1v) is 6.22. The zero-order chi connectivity index (χ0) is 13.5. The summed E-state index contributed by atoms with van der Waals surface area (Å²) in [6, 6.07) is 6.62. The molecule has 2 N–H and O–H groups in total. The summed E-state index contributed by atoms with van der Waals surface area (Å²) in [5.41, 5.74) is 0.847. The minimum absolute atomic E-state index is 0. The Labute approximate surface area is 120 Å². The molecule has 0 saturated carbocycles. The number of likely N-dealkylation sites (N-methyl/N-ethyl adjacent to an activating group) is 1. The van der Waals surface area contributed by atoms with E-state index >= 15 is 0 Å². The lowest BCUT2D eigenvalue weighted by atomic mass is 10.0. The zero-order valence-electron chi connectivity index (χ0n) is 11.6. The number of halogens is 2. The first-order valence-electron chi connectivity index (χ1n) is 6.22. The topological polar surface area (TPSA) is 41.1 Å². The predicted octanol–water partition coefficient (Wildman–Crippen LogP) is 2.15. The van der Waals surface area contributed by atoms with Gasteiger partial charge in [0.1, 0.15) is 5.82 Å². The van der Waals surface area contributed by atoms with Gasteiger partial charge in [-0.2, -0.15) is 0 Å². The van der Waals surface area contributed by atoms with Crippen LogP contribution in [0.25, 0.3) is 0 Å². The van der Waals surface area contributed by atoms with E-state index in [0.717, 1.165) is 5.56 Å². The summed E-state index contributed by atoms with van der Waals surface area (Å²) in [6.45, 7) is 4.45. The molecule has 1 aromatic rings. The van der Waals surface area contributed by atoms with Crippen LogP contribution in [0.15, 0.2) is 24.3 Å². The number of carbonyl (C=O) groups is 1. The maximum atomic E-state index is 13.0. The molecular weight excluding hydrogens is 267 g/mol. The van der Waals surface area contributed by atoms with E-state index in [2.05, 4.69) is 10.6 Å². The molecule has 2 atom stereocenters. The average molecular weight is 289 g/mol. The van der Waals surface area contributed by atoms with E-state index in [1.165, 1.54) is 12.1 Å². The Bertz CT molecular complexity index is 401. The zero-order valence-corrected chi connectivity index (χ0v) is 12.4. The van der Waals surface area contributed by atoms with Gasteiger partial charge >= 0.3 is 0 Å². The maximum Gasteiger partial charge on any atom is 0.223 e. The van der Waals surface area contributed by atoms with Crippen molar-refractivity contribution in [1.29, 1.82) is 0 Å². The summed E-state index contributed by atoms with van der Waals surface area (Å²) in [5, 5.41) is 5.92. The van der Waals surface area contributed by atoms with Crippen LogP contribution < -0.4 is 10.6 Å². The fourth-order valence-corrected chi connectivity index (χ4v) is 1.64. The van der Waals surface area contributed by atoms with E-state index in [4.69, 9.17) is 0 Å². The van der Waals surface area contributed by atoms with Gasteiger partial charge in [-0.25, -0.2) is 4.39 Å². The monoisotopic (exact) mass is 288 g/mol. The molecule has 3 nitrogen and oxygen atoms in total. The van der Waals surface area contributed by atoms with E-state index in [0.29, 0.717) is 13.0 Å². The van der Waals surface area contributed by atoms with Crippen molar-refractivity contribution in [2.75, 3.05) is 13.6 Å². The molecule has 1 rings (SSSR count). The quantitative estimate of drug-likeness (QED) is 0.842. The van der Waals surface area contributed by atoms with E-state index in [1.54, 1.807) is 6.07 Å². The molecule has 1 amide bonds. The van der Waals surface area contributed by atoms with Crippen molar-refractivity contribution >= 4 is 18.3 Å². The van der Waals surface area contributed by atoms with Gasteiger partial charge in [-0.3, -0.25) is 4.79 Å². The van der Waals surface area contributed by atoms with Gasteiger partial charge in [0.2, 0.25) is 5.91 Å². The summed E-state index contributed by atoms with van der Waals surface area (Å²) in [6.07, 6.45) is 0.553. The van der Waals surface area contributed by atoms with Gasteiger partial charge in [0.05, 0.1) is 0 Å². The lowest BCUT2D eigenvalue weighted by Crippen LogP contribution is -2.39. The molecule has 108 valence electrons. The Kier molecular flexibility index (Phi) is 8.35. The average Bonchev–Trinajstić information content (AvgIpc) is 2.35. The Balaban J connectivity index is 0.00000324. The fraction of sp³-hybridized carbons (Fsp3) is 0.500. The van der Waals surface area contributed by atoms with Crippen molar-refractivity contribution in [2.24, 2.45) is 5.92 Å². The molecule has 1 aromatic carbocycles. The van der Waals surface area contributed by atoms with Crippen LogP contribution in [0.1, 0.15) is 19.4 Å². The molecule has 0 spiro atoms. The van der Waals surface area contributed by atoms with Crippen LogP contribution in [0.4, 0.5) is 4.39 Å². The smallest absolute Gasteiger partial charge is 0.223 e. The highest BCUT2D eigenvalue weighted by Crippen LogP contribution is 2.10. The molecule has 5 heteroatoms. The number of benzene rings is 1. The van der Waals surface area contributed by atoms with Crippen molar-refractivity contribution in [3.05, 3.63) is 35.6 Å². The van der Waals surface area contributed by atoms with Crippen molar-refractivity contribution < 1.29 is 9.18 Å². The van der Waals surface area contributed by atoms with Crippen LogP contribution in [0.3, 0.4) is 0 Å². The maximum absolute atomic E-state index is 13.0. The number of nitrogens with one attached hydrogen (secondary N) is 2. The molecule has 0 saturated heterocycles. The van der Waals surface area contributed by atoms with Gasteiger partial charge < -0.3 is 10.6 Å². The SMILES string of the molecule is CNC(C)CNC(=O)C(C)Cc1cccc(F)c1.Cl. The molecule has 0 radical (unpaired) electrons. The molecule has 0 heterocycles. The Morgan fingerprint density at radius 3 is 2.63 bits per heavy atom. The van der Waals surface area contributed by atoms with Gasteiger partial charge in [0, 0.05) is 18.5 Å².